The Bertz CT molecular complexity index is 713. The summed E-state index contributed by atoms with van der Waals surface area (Å²) in [5.41, 5.74) is 1.62. The second-order valence-electron chi connectivity index (χ2n) is 4.11. The average molecular weight is 252 g/mol. The summed E-state index contributed by atoms with van der Waals surface area (Å²) in [6.45, 7) is -0.0845. The number of rotatable bonds is 3. The van der Waals surface area contributed by atoms with E-state index in [9.17, 15) is 5.11 Å². The Balaban J connectivity index is 1.96. The van der Waals surface area contributed by atoms with Crippen molar-refractivity contribution in [2.45, 2.75) is 6.61 Å². The second-order valence-corrected chi connectivity index (χ2v) is 4.11. The smallest absolute Gasteiger partial charge is 0.151 e. The third-order valence-electron chi connectivity index (χ3n) is 2.83. The number of aliphatic hydroxyl groups is 1. The first-order valence-electron chi connectivity index (χ1n) is 5.93. The third-order valence-corrected chi connectivity index (χ3v) is 2.83. The lowest BCUT2D eigenvalue weighted by molar-refractivity contribution is 0.276. The molecule has 4 heteroatoms. The molecule has 1 aromatic carbocycles. The van der Waals surface area contributed by atoms with Gasteiger partial charge in [-0.25, -0.2) is 0 Å². The Morgan fingerprint density at radius 1 is 1.11 bits per heavy atom. The van der Waals surface area contributed by atoms with Crippen LogP contribution in [0.4, 0.5) is 0 Å². The second kappa shape index (κ2) is 5.04. The van der Waals surface area contributed by atoms with Crippen LogP contribution in [0.3, 0.4) is 0 Å². The predicted molar refractivity (Wildman–Crippen MR) is 72.0 cm³/mol. The fourth-order valence-corrected chi connectivity index (χ4v) is 1.86. The first kappa shape index (κ1) is 11.6. The van der Waals surface area contributed by atoms with Crippen molar-refractivity contribution in [1.29, 1.82) is 0 Å². The van der Waals surface area contributed by atoms with Crippen LogP contribution in [-0.2, 0) is 6.61 Å². The third kappa shape index (κ3) is 2.39. The summed E-state index contributed by atoms with van der Waals surface area (Å²) in [6.07, 6.45) is 4.87. The molecule has 0 amide bonds. The Morgan fingerprint density at radius 3 is 2.89 bits per heavy atom. The number of benzene rings is 1. The van der Waals surface area contributed by atoms with Gasteiger partial charge in [0, 0.05) is 17.1 Å². The number of ether oxygens (including phenoxy) is 1. The van der Waals surface area contributed by atoms with Crippen LogP contribution in [-0.4, -0.2) is 15.1 Å². The average Bonchev–Trinajstić information content (AvgIpc) is 2.48. The molecule has 0 fully saturated rings. The summed E-state index contributed by atoms with van der Waals surface area (Å²) in [5.74, 6) is 1.17. The number of aliphatic hydroxyl groups excluding tert-OH is 1. The van der Waals surface area contributed by atoms with Gasteiger partial charge in [-0.2, -0.15) is 0 Å². The molecule has 0 bridgehead atoms. The molecular formula is C15H12N2O2. The fourth-order valence-electron chi connectivity index (χ4n) is 1.86. The van der Waals surface area contributed by atoms with Crippen molar-refractivity contribution in [3.05, 3.63) is 60.6 Å². The van der Waals surface area contributed by atoms with E-state index >= 15 is 0 Å². The summed E-state index contributed by atoms with van der Waals surface area (Å²) in [6, 6.07) is 11.5. The van der Waals surface area contributed by atoms with Gasteiger partial charge in [-0.3, -0.25) is 9.97 Å². The number of nitrogens with zero attached hydrogens (tertiary/aromatic N) is 2. The zero-order valence-corrected chi connectivity index (χ0v) is 10.2. The molecule has 0 spiro atoms. The van der Waals surface area contributed by atoms with Crippen LogP contribution in [0.25, 0.3) is 10.9 Å². The minimum atomic E-state index is -0.0845. The van der Waals surface area contributed by atoms with Crippen LogP contribution in [0.5, 0.6) is 11.5 Å². The number of fused-ring (bicyclic) bond motifs is 1. The van der Waals surface area contributed by atoms with E-state index in [2.05, 4.69) is 9.97 Å². The highest BCUT2D eigenvalue weighted by molar-refractivity contribution is 5.79. The zero-order valence-electron chi connectivity index (χ0n) is 10.2. The molecular weight excluding hydrogens is 240 g/mol. The lowest BCUT2D eigenvalue weighted by Gasteiger charge is -2.09. The number of pyridine rings is 2. The molecule has 19 heavy (non-hydrogen) atoms. The predicted octanol–water partition coefficient (Wildman–Crippen LogP) is 2.91. The van der Waals surface area contributed by atoms with Gasteiger partial charge in [0.25, 0.3) is 0 Å². The van der Waals surface area contributed by atoms with Gasteiger partial charge in [0.05, 0.1) is 24.5 Å². The van der Waals surface area contributed by atoms with E-state index in [1.54, 1.807) is 24.7 Å². The summed E-state index contributed by atoms with van der Waals surface area (Å²) >= 11 is 0. The molecule has 0 radical (unpaired) electrons. The quantitative estimate of drug-likeness (QED) is 0.778. The van der Waals surface area contributed by atoms with Gasteiger partial charge in [-0.1, -0.05) is 18.2 Å². The molecule has 3 rings (SSSR count). The van der Waals surface area contributed by atoms with Crippen molar-refractivity contribution in [2.75, 3.05) is 0 Å². The first-order chi connectivity index (χ1) is 9.36. The Hall–Kier alpha value is -2.46. The topological polar surface area (TPSA) is 55.2 Å². The van der Waals surface area contributed by atoms with Crippen molar-refractivity contribution in [2.24, 2.45) is 0 Å². The standard InChI is InChI=1S/C15H12N2O2/c18-10-12-5-6-16-9-15(12)19-13-7-11-3-1-2-4-14(11)17-8-13/h1-9,18H,10H2. The number of hydrogen-bond acceptors (Lipinski definition) is 4. The molecule has 0 saturated carbocycles. The van der Waals surface area contributed by atoms with Gasteiger partial charge in [-0.05, 0) is 18.2 Å². The maximum Gasteiger partial charge on any atom is 0.151 e. The Labute approximate surface area is 110 Å². The number of aromatic nitrogens is 2. The van der Waals surface area contributed by atoms with Crippen molar-refractivity contribution in [3.63, 3.8) is 0 Å². The van der Waals surface area contributed by atoms with Gasteiger partial charge >= 0.3 is 0 Å². The molecule has 0 unspecified atom stereocenters. The van der Waals surface area contributed by atoms with Crippen molar-refractivity contribution < 1.29 is 9.84 Å². The summed E-state index contributed by atoms with van der Waals surface area (Å²) in [5, 5.41) is 10.3. The monoisotopic (exact) mass is 252 g/mol. The summed E-state index contributed by atoms with van der Waals surface area (Å²) < 4.78 is 5.72. The SMILES string of the molecule is OCc1ccncc1Oc1cnc2ccccc2c1. The highest BCUT2D eigenvalue weighted by Crippen LogP contribution is 2.26. The van der Waals surface area contributed by atoms with E-state index < -0.39 is 0 Å². The molecule has 0 aliphatic carbocycles. The van der Waals surface area contributed by atoms with Crippen molar-refractivity contribution in [3.8, 4) is 11.5 Å². The Kier molecular flexibility index (Phi) is 3.08. The van der Waals surface area contributed by atoms with Crippen molar-refractivity contribution in [1.82, 2.24) is 9.97 Å². The molecule has 3 aromatic rings. The van der Waals surface area contributed by atoms with Crippen LogP contribution in [0, 0.1) is 0 Å². The van der Waals surface area contributed by atoms with Crippen LogP contribution in [0.15, 0.2) is 55.0 Å². The van der Waals surface area contributed by atoms with Gasteiger partial charge in [-0.15, -0.1) is 0 Å². The molecule has 0 aliphatic rings. The number of hydrogen-bond donors (Lipinski definition) is 1. The van der Waals surface area contributed by atoms with Gasteiger partial charge < -0.3 is 9.84 Å². The highest BCUT2D eigenvalue weighted by atomic mass is 16.5. The maximum absolute atomic E-state index is 9.24. The zero-order chi connectivity index (χ0) is 13.1. The largest absolute Gasteiger partial charge is 0.454 e. The van der Waals surface area contributed by atoms with Gasteiger partial charge in [0.2, 0.25) is 0 Å². The maximum atomic E-state index is 9.24. The van der Waals surface area contributed by atoms with E-state index in [0.717, 1.165) is 10.9 Å². The van der Waals surface area contributed by atoms with E-state index in [-0.39, 0.29) is 6.61 Å². The molecule has 2 heterocycles. The lowest BCUT2D eigenvalue weighted by atomic mass is 10.2. The first-order valence-corrected chi connectivity index (χ1v) is 5.93. The lowest BCUT2D eigenvalue weighted by Crippen LogP contribution is -1.93. The van der Waals surface area contributed by atoms with Crippen LogP contribution >= 0.6 is 0 Å². The molecule has 0 aliphatic heterocycles. The van der Waals surface area contributed by atoms with Crippen LogP contribution in [0.1, 0.15) is 5.56 Å². The number of para-hydroxylation sites is 1. The van der Waals surface area contributed by atoms with Crippen molar-refractivity contribution >= 4 is 10.9 Å². The van der Waals surface area contributed by atoms with E-state index in [1.165, 1.54) is 0 Å². The van der Waals surface area contributed by atoms with Crippen LogP contribution < -0.4 is 4.74 Å². The molecule has 4 nitrogen and oxygen atoms in total. The molecule has 1 N–H and O–H groups in total. The Morgan fingerprint density at radius 2 is 2.00 bits per heavy atom. The molecule has 0 atom stereocenters. The van der Waals surface area contributed by atoms with Crippen LogP contribution in [0.2, 0.25) is 0 Å². The minimum Gasteiger partial charge on any atom is -0.454 e. The van der Waals surface area contributed by atoms with E-state index in [1.807, 2.05) is 30.3 Å². The van der Waals surface area contributed by atoms with E-state index in [4.69, 9.17) is 4.74 Å². The molecule has 2 aromatic heterocycles. The molecule has 0 saturated heterocycles. The van der Waals surface area contributed by atoms with E-state index in [0.29, 0.717) is 17.1 Å². The van der Waals surface area contributed by atoms with Gasteiger partial charge in [0.1, 0.15) is 5.75 Å². The fraction of sp³-hybridized carbons (Fsp3) is 0.0667. The van der Waals surface area contributed by atoms with Gasteiger partial charge in [0.15, 0.2) is 5.75 Å². The minimum absolute atomic E-state index is 0.0845. The summed E-state index contributed by atoms with van der Waals surface area (Å²) in [4.78, 5) is 8.32. The highest BCUT2D eigenvalue weighted by Gasteiger charge is 2.05. The summed E-state index contributed by atoms with van der Waals surface area (Å²) in [7, 11) is 0. The molecule has 94 valence electrons. The normalized spacial score (nSPS) is 10.6.